The van der Waals surface area contributed by atoms with E-state index in [2.05, 4.69) is 0 Å². The Labute approximate surface area is 98.3 Å². The maximum absolute atomic E-state index is 13.6. The van der Waals surface area contributed by atoms with E-state index < -0.39 is 17.4 Å². The zero-order chi connectivity index (χ0) is 12.5. The van der Waals surface area contributed by atoms with Crippen molar-refractivity contribution in [3.63, 3.8) is 0 Å². The molecule has 0 amide bonds. The molecule has 2 N–H and O–H groups in total. The Kier molecular flexibility index (Phi) is 3.43. The van der Waals surface area contributed by atoms with Crippen LogP contribution in [0.1, 0.15) is 31.1 Å². The van der Waals surface area contributed by atoms with Gasteiger partial charge in [-0.25, -0.2) is 9.18 Å². The largest absolute Gasteiger partial charge is 0.456 e. The molecule has 1 aromatic carbocycles. The molecule has 0 fully saturated rings. The summed E-state index contributed by atoms with van der Waals surface area (Å²) < 4.78 is 18.6. The second kappa shape index (κ2) is 4.29. The van der Waals surface area contributed by atoms with Gasteiger partial charge in [0.25, 0.3) is 0 Å². The van der Waals surface area contributed by atoms with Gasteiger partial charge in [-0.1, -0.05) is 11.6 Å². The lowest BCUT2D eigenvalue weighted by molar-refractivity contribution is 0.00651. The fourth-order valence-corrected chi connectivity index (χ4v) is 1.31. The van der Waals surface area contributed by atoms with Crippen LogP contribution in [0.3, 0.4) is 0 Å². The standard InChI is InChI=1S/C11H13ClFNO2/c1-11(2,3)16-10(15)8-6(12)4-5-7(14)9(8)13/h4-5H,14H2,1-3H3. The Morgan fingerprint density at radius 3 is 2.50 bits per heavy atom. The Hall–Kier alpha value is -1.29. The van der Waals surface area contributed by atoms with Gasteiger partial charge in [0.15, 0.2) is 5.82 Å². The molecule has 0 saturated heterocycles. The number of hydrogen-bond donors (Lipinski definition) is 1. The monoisotopic (exact) mass is 245 g/mol. The maximum atomic E-state index is 13.6. The Bertz CT molecular complexity index is 427. The van der Waals surface area contributed by atoms with E-state index in [4.69, 9.17) is 22.1 Å². The average molecular weight is 246 g/mol. The molecule has 16 heavy (non-hydrogen) atoms. The molecule has 5 heteroatoms. The number of nitrogen functional groups attached to an aromatic ring is 1. The van der Waals surface area contributed by atoms with E-state index in [9.17, 15) is 9.18 Å². The predicted molar refractivity (Wildman–Crippen MR) is 61.0 cm³/mol. The van der Waals surface area contributed by atoms with Crippen LogP contribution in [0, 0.1) is 5.82 Å². The molecule has 0 aliphatic rings. The van der Waals surface area contributed by atoms with Gasteiger partial charge in [0.05, 0.1) is 10.7 Å². The molecule has 88 valence electrons. The van der Waals surface area contributed by atoms with Gasteiger partial charge in [-0.15, -0.1) is 0 Å². The lowest BCUT2D eigenvalue weighted by Crippen LogP contribution is -2.25. The number of esters is 1. The number of carbonyl (C=O) groups excluding carboxylic acids is 1. The van der Waals surface area contributed by atoms with Crippen molar-refractivity contribution >= 4 is 23.3 Å². The van der Waals surface area contributed by atoms with E-state index >= 15 is 0 Å². The van der Waals surface area contributed by atoms with E-state index in [1.54, 1.807) is 20.8 Å². The van der Waals surface area contributed by atoms with Gasteiger partial charge in [-0.05, 0) is 32.9 Å². The van der Waals surface area contributed by atoms with Crippen molar-refractivity contribution in [3.8, 4) is 0 Å². The molecule has 0 atom stereocenters. The number of halogens is 2. The summed E-state index contributed by atoms with van der Waals surface area (Å²) >= 11 is 5.73. The summed E-state index contributed by atoms with van der Waals surface area (Å²) in [6.45, 7) is 5.05. The molecule has 0 radical (unpaired) electrons. The summed E-state index contributed by atoms with van der Waals surface area (Å²) in [4.78, 5) is 11.7. The Morgan fingerprint density at radius 2 is 2.00 bits per heavy atom. The lowest BCUT2D eigenvalue weighted by Gasteiger charge is -2.20. The highest BCUT2D eigenvalue weighted by Gasteiger charge is 2.24. The van der Waals surface area contributed by atoms with Crippen molar-refractivity contribution in [2.75, 3.05) is 5.73 Å². The van der Waals surface area contributed by atoms with Gasteiger partial charge in [-0.3, -0.25) is 0 Å². The zero-order valence-corrected chi connectivity index (χ0v) is 10.1. The van der Waals surface area contributed by atoms with Crippen LogP contribution in [0.4, 0.5) is 10.1 Å². The number of carbonyl (C=O) groups is 1. The second-order valence-corrected chi connectivity index (χ2v) is 4.73. The van der Waals surface area contributed by atoms with Gasteiger partial charge in [0.2, 0.25) is 0 Å². The first-order valence-electron chi connectivity index (χ1n) is 4.69. The van der Waals surface area contributed by atoms with Gasteiger partial charge in [0.1, 0.15) is 11.2 Å². The third kappa shape index (κ3) is 2.85. The van der Waals surface area contributed by atoms with E-state index in [-0.39, 0.29) is 16.3 Å². The number of rotatable bonds is 1. The fraction of sp³-hybridized carbons (Fsp3) is 0.364. The summed E-state index contributed by atoms with van der Waals surface area (Å²) in [6.07, 6.45) is 0. The third-order valence-electron chi connectivity index (χ3n) is 1.72. The fourth-order valence-electron chi connectivity index (χ4n) is 1.08. The minimum atomic E-state index is -0.846. The van der Waals surface area contributed by atoms with Gasteiger partial charge in [0, 0.05) is 0 Å². The number of nitrogens with two attached hydrogens (primary N) is 1. The molecule has 0 aliphatic heterocycles. The van der Waals surface area contributed by atoms with Crippen molar-refractivity contribution in [3.05, 3.63) is 28.5 Å². The first kappa shape index (κ1) is 12.8. The van der Waals surface area contributed by atoms with Crippen LogP contribution in [-0.2, 0) is 4.74 Å². The quantitative estimate of drug-likeness (QED) is 0.611. The number of hydrogen-bond acceptors (Lipinski definition) is 3. The van der Waals surface area contributed by atoms with Crippen LogP contribution >= 0.6 is 11.6 Å². The molecule has 0 aliphatic carbocycles. The molecule has 0 heterocycles. The van der Waals surface area contributed by atoms with E-state index in [0.29, 0.717) is 0 Å². The molecule has 0 spiro atoms. The van der Waals surface area contributed by atoms with Crippen molar-refractivity contribution in [2.24, 2.45) is 0 Å². The van der Waals surface area contributed by atoms with Crippen LogP contribution in [0.25, 0.3) is 0 Å². The normalized spacial score (nSPS) is 11.3. The molecule has 0 aromatic heterocycles. The molecular weight excluding hydrogens is 233 g/mol. The van der Waals surface area contributed by atoms with Crippen molar-refractivity contribution in [1.29, 1.82) is 0 Å². The topological polar surface area (TPSA) is 52.3 Å². The van der Waals surface area contributed by atoms with E-state index in [1.165, 1.54) is 12.1 Å². The minimum absolute atomic E-state index is 0.0130. The third-order valence-corrected chi connectivity index (χ3v) is 2.04. The molecule has 0 saturated carbocycles. The average Bonchev–Trinajstić information content (AvgIpc) is 2.09. The number of ether oxygens (including phenoxy) is 1. The Morgan fingerprint density at radius 1 is 1.44 bits per heavy atom. The van der Waals surface area contributed by atoms with Crippen molar-refractivity contribution < 1.29 is 13.9 Å². The van der Waals surface area contributed by atoms with Gasteiger partial charge < -0.3 is 10.5 Å². The summed E-state index contributed by atoms with van der Waals surface area (Å²) in [7, 11) is 0. The SMILES string of the molecule is CC(C)(C)OC(=O)c1c(Cl)ccc(N)c1F. The lowest BCUT2D eigenvalue weighted by atomic mass is 10.1. The highest BCUT2D eigenvalue weighted by molar-refractivity contribution is 6.33. The van der Waals surface area contributed by atoms with Crippen LogP contribution in [0.2, 0.25) is 5.02 Å². The molecular formula is C11H13ClFNO2. The smallest absolute Gasteiger partial charge is 0.343 e. The summed E-state index contributed by atoms with van der Waals surface area (Å²) in [6, 6.07) is 2.66. The minimum Gasteiger partial charge on any atom is -0.456 e. The second-order valence-electron chi connectivity index (χ2n) is 4.33. The van der Waals surface area contributed by atoms with Crippen molar-refractivity contribution in [1.82, 2.24) is 0 Å². The summed E-state index contributed by atoms with van der Waals surface area (Å²) in [5.74, 6) is -1.66. The first-order valence-corrected chi connectivity index (χ1v) is 5.07. The summed E-state index contributed by atoms with van der Waals surface area (Å²) in [5.41, 5.74) is 4.18. The van der Waals surface area contributed by atoms with Crippen LogP contribution in [0.15, 0.2) is 12.1 Å². The summed E-state index contributed by atoms with van der Waals surface area (Å²) in [5, 5.41) is -0.0130. The van der Waals surface area contributed by atoms with Gasteiger partial charge >= 0.3 is 5.97 Å². The molecule has 0 unspecified atom stereocenters. The highest BCUT2D eigenvalue weighted by atomic mass is 35.5. The maximum Gasteiger partial charge on any atom is 0.343 e. The van der Waals surface area contributed by atoms with Crippen molar-refractivity contribution in [2.45, 2.75) is 26.4 Å². The van der Waals surface area contributed by atoms with E-state index in [0.717, 1.165) is 0 Å². The molecule has 1 rings (SSSR count). The Balaban J connectivity index is 3.14. The van der Waals surface area contributed by atoms with E-state index in [1.807, 2.05) is 0 Å². The molecule has 1 aromatic rings. The first-order chi connectivity index (χ1) is 7.22. The highest BCUT2D eigenvalue weighted by Crippen LogP contribution is 2.26. The van der Waals surface area contributed by atoms with Gasteiger partial charge in [-0.2, -0.15) is 0 Å². The number of benzene rings is 1. The van der Waals surface area contributed by atoms with Crippen LogP contribution < -0.4 is 5.73 Å². The van der Waals surface area contributed by atoms with Crippen LogP contribution in [0.5, 0.6) is 0 Å². The zero-order valence-electron chi connectivity index (χ0n) is 9.30. The molecule has 0 bridgehead atoms. The van der Waals surface area contributed by atoms with Crippen LogP contribution in [-0.4, -0.2) is 11.6 Å². The number of anilines is 1. The molecule has 3 nitrogen and oxygen atoms in total. The predicted octanol–water partition coefficient (Wildman–Crippen LogP) is 3.02.